The molecule has 8 heteroatoms. The summed E-state index contributed by atoms with van der Waals surface area (Å²) in [5, 5.41) is 15.2. The molecule has 0 saturated carbocycles. The van der Waals surface area contributed by atoms with Crippen molar-refractivity contribution in [3.63, 3.8) is 0 Å². The third kappa shape index (κ3) is 3.17. The molecule has 0 aliphatic heterocycles. The number of halogens is 2. The van der Waals surface area contributed by atoms with Crippen molar-refractivity contribution in [2.75, 3.05) is 7.11 Å². The zero-order valence-electron chi connectivity index (χ0n) is 10.5. The number of ether oxygens (including phenoxy) is 1. The van der Waals surface area contributed by atoms with Crippen LogP contribution in [0.5, 0.6) is 0 Å². The van der Waals surface area contributed by atoms with Gasteiger partial charge in [-0.2, -0.15) is 5.10 Å². The molecule has 0 atom stereocenters. The molecule has 0 radical (unpaired) electrons. The lowest BCUT2D eigenvalue weighted by Gasteiger charge is -2.02. The standard InChI is InChI=1S/C12H11BrClN3O3/c1-20-7-10-11(17(18)19)12(14)16(15-10)6-8-2-4-9(13)5-3-8/h2-5H,6-7H2,1H3. The molecule has 1 aromatic heterocycles. The van der Waals surface area contributed by atoms with Crippen LogP contribution in [-0.4, -0.2) is 21.8 Å². The Balaban J connectivity index is 2.34. The number of methoxy groups -OCH3 is 1. The highest BCUT2D eigenvalue weighted by Crippen LogP contribution is 2.29. The van der Waals surface area contributed by atoms with Crippen LogP contribution in [-0.2, 0) is 17.9 Å². The first kappa shape index (κ1) is 15.0. The van der Waals surface area contributed by atoms with Gasteiger partial charge in [-0.25, -0.2) is 4.68 Å². The number of hydrogen-bond acceptors (Lipinski definition) is 4. The van der Waals surface area contributed by atoms with E-state index in [9.17, 15) is 10.1 Å². The van der Waals surface area contributed by atoms with E-state index < -0.39 is 4.92 Å². The van der Waals surface area contributed by atoms with Gasteiger partial charge >= 0.3 is 5.69 Å². The molecule has 0 amide bonds. The van der Waals surface area contributed by atoms with E-state index in [2.05, 4.69) is 21.0 Å². The van der Waals surface area contributed by atoms with Crippen LogP contribution >= 0.6 is 27.5 Å². The number of benzene rings is 1. The van der Waals surface area contributed by atoms with E-state index in [1.165, 1.54) is 11.8 Å². The molecular weight excluding hydrogens is 350 g/mol. The van der Waals surface area contributed by atoms with Crippen LogP contribution in [0.1, 0.15) is 11.3 Å². The van der Waals surface area contributed by atoms with Crippen molar-refractivity contribution < 1.29 is 9.66 Å². The molecule has 0 spiro atoms. The minimum absolute atomic E-state index is 0.00460. The van der Waals surface area contributed by atoms with E-state index in [1.54, 1.807) is 0 Å². The molecule has 20 heavy (non-hydrogen) atoms. The van der Waals surface area contributed by atoms with Gasteiger partial charge in [-0.15, -0.1) is 0 Å². The smallest absolute Gasteiger partial charge is 0.331 e. The molecule has 0 saturated heterocycles. The van der Waals surface area contributed by atoms with E-state index in [0.717, 1.165) is 10.0 Å². The Hall–Kier alpha value is -1.44. The number of aromatic nitrogens is 2. The molecule has 1 heterocycles. The summed E-state index contributed by atoms with van der Waals surface area (Å²) in [4.78, 5) is 10.5. The van der Waals surface area contributed by atoms with Crippen LogP contribution in [0.15, 0.2) is 28.7 Å². The molecule has 0 aliphatic rings. The Morgan fingerprint density at radius 2 is 2.10 bits per heavy atom. The summed E-state index contributed by atoms with van der Waals surface area (Å²) in [6.45, 7) is 0.403. The van der Waals surface area contributed by atoms with Gasteiger partial charge in [0.2, 0.25) is 5.15 Å². The summed E-state index contributed by atoms with van der Waals surface area (Å²) >= 11 is 9.38. The lowest BCUT2D eigenvalue weighted by molar-refractivity contribution is -0.385. The normalized spacial score (nSPS) is 10.8. The fraction of sp³-hybridized carbons (Fsp3) is 0.250. The maximum absolute atomic E-state index is 11.0. The Morgan fingerprint density at radius 1 is 1.45 bits per heavy atom. The predicted octanol–water partition coefficient (Wildman–Crippen LogP) is 3.40. The summed E-state index contributed by atoms with van der Waals surface area (Å²) in [5.74, 6) is 0. The minimum atomic E-state index is -0.540. The van der Waals surface area contributed by atoms with Crippen molar-refractivity contribution >= 4 is 33.2 Å². The number of nitro groups is 1. The van der Waals surface area contributed by atoms with Gasteiger partial charge in [-0.05, 0) is 17.7 Å². The molecule has 0 unspecified atom stereocenters. The van der Waals surface area contributed by atoms with E-state index in [0.29, 0.717) is 6.54 Å². The predicted molar refractivity (Wildman–Crippen MR) is 77.8 cm³/mol. The van der Waals surface area contributed by atoms with Crippen molar-refractivity contribution in [2.45, 2.75) is 13.2 Å². The van der Waals surface area contributed by atoms with Gasteiger partial charge in [0, 0.05) is 11.6 Å². The lowest BCUT2D eigenvalue weighted by Crippen LogP contribution is -2.02. The molecule has 0 fully saturated rings. The highest BCUT2D eigenvalue weighted by Gasteiger charge is 2.26. The van der Waals surface area contributed by atoms with E-state index in [-0.39, 0.29) is 23.1 Å². The summed E-state index contributed by atoms with van der Waals surface area (Å²) < 4.78 is 7.27. The molecule has 0 bridgehead atoms. The molecule has 2 rings (SSSR count). The summed E-state index contributed by atoms with van der Waals surface area (Å²) in [7, 11) is 1.45. The van der Waals surface area contributed by atoms with Gasteiger partial charge in [0.25, 0.3) is 0 Å². The van der Waals surface area contributed by atoms with Gasteiger partial charge in [0.15, 0.2) is 5.69 Å². The maximum Gasteiger partial charge on any atom is 0.331 e. The average molecular weight is 361 g/mol. The first-order valence-electron chi connectivity index (χ1n) is 5.66. The average Bonchev–Trinajstić information content (AvgIpc) is 2.69. The van der Waals surface area contributed by atoms with E-state index >= 15 is 0 Å². The fourth-order valence-corrected chi connectivity index (χ4v) is 2.30. The van der Waals surface area contributed by atoms with Gasteiger partial charge < -0.3 is 4.74 Å². The van der Waals surface area contributed by atoms with Gasteiger partial charge in [-0.1, -0.05) is 39.7 Å². The van der Waals surface area contributed by atoms with Gasteiger partial charge in [-0.3, -0.25) is 10.1 Å². The quantitative estimate of drug-likeness (QED) is 0.605. The van der Waals surface area contributed by atoms with E-state index in [1.807, 2.05) is 24.3 Å². The molecule has 106 valence electrons. The van der Waals surface area contributed by atoms with Crippen LogP contribution in [0.25, 0.3) is 0 Å². The van der Waals surface area contributed by atoms with Crippen LogP contribution < -0.4 is 0 Å². The van der Waals surface area contributed by atoms with Crippen molar-refractivity contribution in [2.24, 2.45) is 0 Å². The molecule has 6 nitrogen and oxygen atoms in total. The van der Waals surface area contributed by atoms with Crippen LogP contribution in [0, 0.1) is 10.1 Å². The molecule has 2 aromatic rings. The monoisotopic (exact) mass is 359 g/mol. The van der Waals surface area contributed by atoms with Gasteiger partial charge in [0.05, 0.1) is 18.1 Å². The van der Waals surface area contributed by atoms with Crippen LogP contribution in [0.2, 0.25) is 5.15 Å². The Labute approximate surface area is 128 Å². The second kappa shape index (κ2) is 6.34. The van der Waals surface area contributed by atoms with Crippen molar-refractivity contribution in [3.8, 4) is 0 Å². The number of rotatable bonds is 5. The van der Waals surface area contributed by atoms with Crippen LogP contribution in [0.4, 0.5) is 5.69 Å². The first-order chi connectivity index (χ1) is 9.52. The number of hydrogen-bond donors (Lipinski definition) is 0. The molecular formula is C12H11BrClN3O3. The molecule has 0 N–H and O–H groups in total. The topological polar surface area (TPSA) is 70.2 Å². The van der Waals surface area contributed by atoms with Gasteiger partial charge in [0.1, 0.15) is 0 Å². The Kier molecular flexibility index (Phi) is 4.74. The summed E-state index contributed by atoms with van der Waals surface area (Å²) in [6, 6.07) is 7.56. The van der Waals surface area contributed by atoms with Crippen LogP contribution in [0.3, 0.4) is 0 Å². The summed E-state index contributed by atoms with van der Waals surface area (Å²) in [5.41, 5.74) is 0.960. The highest BCUT2D eigenvalue weighted by atomic mass is 79.9. The number of nitrogens with zero attached hydrogens (tertiary/aromatic N) is 3. The lowest BCUT2D eigenvalue weighted by atomic mass is 10.2. The maximum atomic E-state index is 11.0. The largest absolute Gasteiger partial charge is 0.378 e. The first-order valence-corrected chi connectivity index (χ1v) is 6.83. The minimum Gasteiger partial charge on any atom is -0.378 e. The third-order valence-corrected chi connectivity index (χ3v) is 3.55. The van der Waals surface area contributed by atoms with Crippen molar-refractivity contribution in [1.82, 2.24) is 9.78 Å². The highest BCUT2D eigenvalue weighted by molar-refractivity contribution is 9.10. The Morgan fingerprint density at radius 3 is 2.65 bits per heavy atom. The second-order valence-corrected chi connectivity index (χ2v) is 5.33. The summed E-state index contributed by atoms with van der Waals surface area (Å²) in [6.07, 6.45) is 0. The zero-order chi connectivity index (χ0) is 14.7. The molecule has 0 aliphatic carbocycles. The fourth-order valence-electron chi connectivity index (χ4n) is 1.76. The van der Waals surface area contributed by atoms with Crippen molar-refractivity contribution in [3.05, 3.63) is 55.3 Å². The Bertz CT molecular complexity index is 628. The molecule has 1 aromatic carbocycles. The van der Waals surface area contributed by atoms with Crippen molar-refractivity contribution in [1.29, 1.82) is 0 Å². The zero-order valence-corrected chi connectivity index (χ0v) is 12.9. The SMILES string of the molecule is COCc1nn(Cc2ccc(Br)cc2)c(Cl)c1[N+](=O)[O-]. The second-order valence-electron chi connectivity index (χ2n) is 4.06. The van der Waals surface area contributed by atoms with E-state index in [4.69, 9.17) is 16.3 Å². The third-order valence-electron chi connectivity index (χ3n) is 2.65.